The molecule has 80 valence electrons. The molecule has 14 heavy (non-hydrogen) atoms. The van der Waals surface area contributed by atoms with Gasteiger partial charge < -0.3 is 4.42 Å². The fourth-order valence-electron chi connectivity index (χ4n) is 1.02. The highest BCUT2D eigenvalue weighted by Gasteiger charge is 2.37. The van der Waals surface area contributed by atoms with E-state index in [1.54, 1.807) is 13.8 Å². The van der Waals surface area contributed by atoms with Crippen LogP contribution in [0.2, 0.25) is 0 Å². The zero-order valence-electron chi connectivity index (χ0n) is 8.24. The summed E-state index contributed by atoms with van der Waals surface area (Å²) in [6, 6.07) is 0. The minimum Gasteiger partial charge on any atom is -0.447 e. The van der Waals surface area contributed by atoms with E-state index >= 15 is 0 Å². The van der Waals surface area contributed by atoms with Crippen molar-refractivity contribution in [3.63, 3.8) is 0 Å². The molecule has 0 spiro atoms. The fraction of sp³-hybridized carbons (Fsp3) is 0.625. The maximum atomic E-state index is 11.5. The van der Waals surface area contributed by atoms with E-state index in [9.17, 15) is 8.42 Å². The molecule has 0 bridgehead atoms. The number of hydrogen-bond acceptors (Lipinski definition) is 4. The Morgan fingerprint density at radius 3 is 2.57 bits per heavy atom. The average Bonchev–Trinajstić information content (AvgIpc) is 2.49. The van der Waals surface area contributed by atoms with Crippen molar-refractivity contribution in [1.82, 2.24) is 4.98 Å². The predicted octanol–water partition coefficient (Wildman–Crippen LogP) is 1.85. The number of halogens is 1. The van der Waals surface area contributed by atoms with Crippen LogP contribution in [-0.4, -0.2) is 19.7 Å². The summed E-state index contributed by atoms with van der Waals surface area (Å²) in [5.74, 6) is 0.400. The topological polar surface area (TPSA) is 60.2 Å². The second-order valence-electron chi connectivity index (χ2n) is 3.54. The van der Waals surface area contributed by atoms with Gasteiger partial charge in [0.1, 0.15) is 10.5 Å². The Kier molecular flexibility index (Phi) is 3.06. The molecule has 1 aromatic heterocycles. The molecule has 6 heteroatoms. The van der Waals surface area contributed by atoms with Crippen molar-refractivity contribution in [2.75, 3.05) is 6.26 Å². The van der Waals surface area contributed by atoms with Crippen molar-refractivity contribution in [3.05, 3.63) is 17.8 Å². The lowest BCUT2D eigenvalue weighted by Gasteiger charge is -2.20. The molecule has 0 fully saturated rings. The van der Waals surface area contributed by atoms with Crippen LogP contribution in [0.15, 0.2) is 10.8 Å². The predicted molar refractivity (Wildman–Crippen MR) is 57.0 cm³/mol. The Morgan fingerprint density at radius 1 is 1.57 bits per heavy atom. The molecule has 0 aliphatic rings. The Balaban J connectivity index is 3.30. The van der Waals surface area contributed by atoms with Crippen molar-refractivity contribution in [1.29, 1.82) is 0 Å². The van der Waals surface area contributed by atoms with Gasteiger partial charge in [0.25, 0.3) is 0 Å². The molecule has 0 radical (unpaired) electrons. The van der Waals surface area contributed by atoms with Crippen molar-refractivity contribution in [2.45, 2.75) is 23.9 Å². The van der Waals surface area contributed by atoms with Crippen LogP contribution >= 0.6 is 15.9 Å². The molecule has 4 nitrogen and oxygen atoms in total. The minimum absolute atomic E-state index is 0.400. The second-order valence-corrected chi connectivity index (χ2v) is 6.67. The molecule has 0 aromatic carbocycles. The number of hydrogen-bond donors (Lipinski definition) is 0. The SMILES string of the molecule is CC(C)(c1ocnc1CBr)S(C)(=O)=O. The quantitative estimate of drug-likeness (QED) is 0.794. The van der Waals surface area contributed by atoms with Crippen LogP contribution in [-0.2, 0) is 19.9 Å². The van der Waals surface area contributed by atoms with Gasteiger partial charge in [-0.05, 0) is 13.8 Å². The highest BCUT2D eigenvalue weighted by molar-refractivity contribution is 9.08. The van der Waals surface area contributed by atoms with Crippen molar-refractivity contribution in [2.24, 2.45) is 0 Å². The molecular weight excluding hydrogens is 270 g/mol. The number of sulfone groups is 1. The summed E-state index contributed by atoms with van der Waals surface area (Å²) >= 11 is 3.23. The summed E-state index contributed by atoms with van der Waals surface area (Å²) in [7, 11) is -3.21. The third-order valence-electron chi connectivity index (χ3n) is 2.24. The van der Waals surface area contributed by atoms with Gasteiger partial charge in [0.15, 0.2) is 16.2 Å². The zero-order valence-corrected chi connectivity index (χ0v) is 10.6. The van der Waals surface area contributed by atoms with E-state index in [-0.39, 0.29) is 0 Å². The smallest absolute Gasteiger partial charge is 0.181 e. The van der Waals surface area contributed by atoms with Crippen LogP contribution in [0, 0.1) is 0 Å². The van der Waals surface area contributed by atoms with Crippen molar-refractivity contribution >= 4 is 25.8 Å². The molecule has 0 atom stereocenters. The number of rotatable bonds is 3. The monoisotopic (exact) mass is 281 g/mol. The van der Waals surface area contributed by atoms with Gasteiger partial charge in [-0.3, -0.25) is 0 Å². The van der Waals surface area contributed by atoms with Crippen LogP contribution in [0.1, 0.15) is 25.3 Å². The van der Waals surface area contributed by atoms with E-state index < -0.39 is 14.6 Å². The molecule has 1 heterocycles. The Labute approximate surface area is 91.8 Å². The van der Waals surface area contributed by atoms with Gasteiger partial charge in [0.05, 0.1) is 5.69 Å². The highest BCUT2D eigenvalue weighted by atomic mass is 79.9. The standard InChI is InChI=1S/C8H12BrNO3S/c1-8(2,14(3,11)12)7-6(4-9)10-5-13-7/h5H,4H2,1-3H3. The van der Waals surface area contributed by atoms with Crippen LogP contribution in [0.4, 0.5) is 0 Å². The van der Waals surface area contributed by atoms with E-state index in [2.05, 4.69) is 20.9 Å². The average molecular weight is 282 g/mol. The number of alkyl halides is 1. The highest BCUT2D eigenvalue weighted by Crippen LogP contribution is 2.31. The summed E-state index contributed by atoms with van der Waals surface area (Å²) in [5, 5.41) is 0.484. The molecule has 0 saturated heterocycles. The van der Waals surface area contributed by atoms with E-state index in [4.69, 9.17) is 4.42 Å². The van der Waals surface area contributed by atoms with Crippen molar-refractivity contribution in [3.8, 4) is 0 Å². The first kappa shape index (κ1) is 11.7. The lowest BCUT2D eigenvalue weighted by molar-refractivity contribution is 0.443. The lowest BCUT2D eigenvalue weighted by Crippen LogP contribution is -2.28. The fourth-order valence-corrected chi connectivity index (χ4v) is 1.92. The van der Waals surface area contributed by atoms with Crippen LogP contribution in [0.25, 0.3) is 0 Å². The maximum Gasteiger partial charge on any atom is 0.181 e. The summed E-state index contributed by atoms with van der Waals surface area (Å²) in [6.07, 6.45) is 2.45. The van der Waals surface area contributed by atoms with Crippen molar-refractivity contribution < 1.29 is 12.8 Å². The lowest BCUT2D eigenvalue weighted by atomic mass is 10.1. The molecule has 1 rings (SSSR count). The molecule has 0 aliphatic heterocycles. The molecule has 1 aromatic rings. The first-order valence-electron chi connectivity index (χ1n) is 3.99. The third-order valence-corrected chi connectivity index (χ3v) is 4.81. The number of oxazole rings is 1. The van der Waals surface area contributed by atoms with Crippen LogP contribution < -0.4 is 0 Å². The van der Waals surface area contributed by atoms with Gasteiger partial charge in [-0.15, -0.1) is 0 Å². The van der Waals surface area contributed by atoms with E-state index in [0.29, 0.717) is 16.8 Å². The molecule has 0 aliphatic carbocycles. The van der Waals surface area contributed by atoms with Gasteiger partial charge in [-0.25, -0.2) is 13.4 Å². The van der Waals surface area contributed by atoms with E-state index in [1.165, 1.54) is 12.6 Å². The van der Waals surface area contributed by atoms with Crippen LogP contribution in [0.3, 0.4) is 0 Å². The molecule has 0 saturated carbocycles. The maximum absolute atomic E-state index is 11.5. The van der Waals surface area contributed by atoms with Gasteiger partial charge in [0, 0.05) is 11.6 Å². The number of aromatic nitrogens is 1. The number of nitrogens with zero attached hydrogens (tertiary/aromatic N) is 1. The summed E-state index contributed by atoms with van der Waals surface area (Å²) in [5.41, 5.74) is 0.625. The van der Waals surface area contributed by atoms with Gasteiger partial charge >= 0.3 is 0 Å². The molecule has 0 amide bonds. The van der Waals surface area contributed by atoms with Gasteiger partial charge in [-0.2, -0.15) is 0 Å². The van der Waals surface area contributed by atoms with Crippen LogP contribution in [0.5, 0.6) is 0 Å². The Bertz CT molecular complexity index is 422. The second kappa shape index (κ2) is 3.66. The Hall–Kier alpha value is -0.360. The van der Waals surface area contributed by atoms with E-state index in [0.717, 1.165) is 0 Å². The van der Waals surface area contributed by atoms with E-state index in [1.807, 2.05) is 0 Å². The molecular formula is C8H12BrNO3S. The molecule has 0 unspecified atom stereocenters. The van der Waals surface area contributed by atoms with Gasteiger partial charge in [0.2, 0.25) is 0 Å². The molecule has 0 N–H and O–H groups in total. The first-order valence-corrected chi connectivity index (χ1v) is 7.00. The third kappa shape index (κ3) is 1.86. The first-order chi connectivity index (χ1) is 6.30. The summed E-state index contributed by atoms with van der Waals surface area (Å²) in [4.78, 5) is 3.94. The zero-order chi connectivity index (χ0) is 11.0. The largest absolute Gasteiger partial charge is 0.447 e. The summed E-state index contributed by atoms with van der Waals surface area (Å²) < 4.78 is 27.1. The normalized spacial score (nSPS) is 13.1. The van der Waals surface area contributed by atoms with Gasteiger partial charge in [-0.1, -0.05) is 15.9 Å². The minimum atomic E-state index is -3.21. The Morgan fingerprint density at radius 2 is 2.14 bits per heavy atom. The summed E-state index contributed by atoms with van der Waals surface area (Å²) in [6.45, 7) is 3.21.